The van der Waals surface area contributed by atoms with Gasteiger partial charge >= 0.3 is 0 Å². The summed E-state index contributed by atoms with van der Waals surface area (Å²) in [5.74, 6) is 0.680. The van der Waals surface area contributed by atoms with Crippen LogP contribution in [0.2, 0.25) is 0 Å². The third-order valence-corrected chi connectivity index (χ3v) is 8.51. The number of piperidine rings is 1. The van der Waals surface area contributed by atoms with Gasteiger partial charge in [-0.3, -0.25) is 4.79 Å². The van der Waals surface area contributed by atoms with E-state index >= 15 is 0 Å². The molecule has 0 radical (unpaired) electrons. The molecule has 1 atom stereocenters. The zero-order valence-electron chi connectivity index (χ0n) is 24.0. The molecule has 3 aromatic carbocycles. The Labute approximate surface area is 238 Å². The Morgan fingerprint density at radius 3 is 2.23 bits per heavy atom. The largest absolute Gasteiger partial charge is 0.497 e. The quantitative estimate of drug-likeness (QED) is 0.323. The predicted octanol–water partition coefficient (Wildman–Crippen LogP) is 6.15. The van der Waals surface area contributed by atoms with Crippen molar-refractivity contribution in [2.24, 2.45) is 0 Å². The van der Waals surface area contributed by atoms with Crippen LogP contribution in [0.4, 0.5) is 0 Å². The van der Waals surface area contributed by atoms with Gasteiger partial charge in [0.05, 0.1) is 7.11 Å². The molecule has 5 nitrogen and oxygen atoms in total. The molecule has 208 valence electrons. The number of nitrogens with one attached hydrogen (secondary N) is 2. The van der Waals surface area contributed by atoms with Crippen LogP contribution in [0.5, 0.6) is 5.75 Å². The van der Waals surface area contributed by atoms with Crippen molar-refractivity contribution in [3.63, 3.8) is 0 Å². The highest BCUT2D eigenvalue weighted by molar-refractivity contribution is 5.96. The molecule has 3 aromatic rings. The number of likely N-dealkylation sites (tertiary alicyclic amines) is 1. The molecule has 2 N–H and O–H groups in total. The van der Waals surface area contributed by atoms with Gasteiger partial charge in [0.15, 0.2) is 0 Å². The zero-order valence-corrected chi connectivity index (χ0v) is 24.0. The Bertz CT molecular complexity index is 1310. The first kappa shape index (κ1) is 27.7. The summed E-state index contributed by atoms with van der Waals surface area (Å²) >= 11 is 0. The van der Waals surface area contributed by atoms with Crippen LogP contribution < -0.4 is 15.4 Å². The molecular weight excluding hydrogens is 494 g/mol. The molecule has 0 saturated carbocycles. The van der Waals surface area contributed by atoms with E-state index in [0.29, 0.717) is 6.54 Å². The topological polar surface area (TPSA) is 53.6 Å². The number of hydrogen-bond donors (Lipinski definition) is 2. The summed E-state index contributed by atoms with van der Waals surface area (Å²) < 4.78 is 5.44. The first-order chi connectivity index (χ1) is 19.5. The Morgan fingerprint density at radius 2 is 1.60 bits per heavy atom. The van der Waals surface area contributed by atoms with Crippen LogP contribution in [0.25, 0.3) is 0 Å². The molecule has 40 heavy (non-hydrogen) atoms. The molecule has 1 amide bonds. The molecule has 0 spiro atoms. The SMILES string of the molecule is COc1cccc(C2C=C(C)NC(C)=C2C(=O)NCCCN2CCC(c3ccccc3)(c3ccccc3)CC2)c1. The lowest BCUT2D eigenvalue weighted by molar-refractivity contribution is -0.117. The summed E-state index contributed by atoms with van der Waals surface area (Å²) in [7, 11) is 1.67. The highest BCUT2D eigenvalue weighted by Gasteiger charge is 2.37. The van der Waals surface area contributed by atoms with Gasteiger partial charge in [-0.2, -0.15) is 0 Å². The third-order valence-electron chi connectivity index (χ3n) is 8.51. The minimum atomic E-state index is -0.109. The zero-order chi connectivity index (χ0) is 28.0. The van der Waals surface area contributed by atoms with E-state index in [4.69, 9.17) is 4.74 Å². The van der Waals surface area contributed by atoms with Gasteiger partial charge in [-0.25, -0.2) is 0 Å². The average molecular weight is 536 g/mol. The Hall–Kier alpha value is -3.83. The predicted molar refractivity (Wildman–Crippen MR) is 162 cm³/mol. The van der Waals surface area contributed by atoms with Crippen molar-refractivity contribution in [3.8, 4) is 5.75 Å². The minimum absolute atomic E-state index is 0.00705. The van der Waals surface area contributed by atoms with Crippen molar-refractivity contribution in [2.75, 3.05) is 33.3 Å². The fraction of sp³-hybridized carbons (Fsp3) is 0.343. The van der Waals surface area contributed by atoms with Gasteiger partial charge in [-0.15, -0.1) is 0 Å². The number of amides is 1. The number of carbonyl (C=O) groups is 1. The Balaban J connectivity index is 1.18. The summed E-state index contributed by atoms with van der Waals surface area (Å²) in [5, 5.41) is 6.57. The lowest BCUT2D eigenvalue weighted by Gasteiger charge is -2.43. The molecule has 2 heterocycles. The van der Waals surface area contributed by atoms with Gasteiger partial charge in [0, 0.05) is 34.8 Å². The van der Waals surface area contributed by atoms with E-state index in [1.807, 2.05) is 32.0 Å². The molecule has 0 aromatic heterocycles. The molecule has 1 saturated heterocycles. The number of nitrogens with zero attached hydrogens (tertiary/aromatic N) is 1. The maximum absolute atomic E-state index is 13.4. The fourth-order valence-corrected chi connectivity index (χ4v) is 6.40. The van der Waals surface area contributed by atoms with Crippen molar-refractivity contribution in [3.05, 3.63) is 125 Å². The number of allylic oxidation sites excluding steroid dienone is 3. The number of ether oxygens (including phenoxy) is 1. The Kier molecular flexibility index (Phi) is 8.71. The lowest BCUT2D eigenvalue weighted by atomic mass is 9.68. The van der Waals surface area contributed by atoms with E-state index in [1.54, 1.807) is 7.11 Å². The summed E-state index contributed by atoms with van der Waals surface area (Å²) in [5.41, 5.74) is 6.66. The molecular formula is C35H41N3O2. The van der Waals surface area contributed by atoms with Gasteiger partial charge in [-0.1, -0.05) is 78.9 Å². The lowest BCUT2D eigenvalue weighted by Crippen LogP contribution is -2.44. The maximum atomic E-state index is 13.4. The first-order valence-electron chi connectivity index (χ1n) is 14.4. The standard InChI is InChI=1S/C35H41N3O2/c1-26-24-32(28-12-10-17-31(25-28)40-3)33(27(2)37-26)34(39)36-20-11-21-38-22-18-35(19-23-38,29-13-6-4-7-14-29)30-15-8-5-9-16-30/h4-10,12-17,24-25,32,37H,11,18-23H2,1-3H3,(H,36,39). The monoisotopic (exact) mass is 535 g/mol. The second-order valence-corrected chi connectivity index (χ2v) is 11.0. The van der Waals surface area contributed by atoms with Gasteiger partial charge in [0.25, 0.3) is 0 Å². The van der Waals surface area contributed by atoms with E-state index < -0.39 is 0 Å². The molecule has 2 aliphatic rings. The number of dihydropyridines is 1. The Morgan fingerprint density at radius 1 is 0.950 bits per heavy atom. The number of benzene rings is 3. The summed E-state index contributed by atoms with van der Waals surface area (Å²) in [6.07, 6.45) is 5.24. The summed E-state index contributed by atoms with van der Waals surface area (Å²) in [4.78, 5) is 16.0. The molecule has 2 aliphatic heterocycles. The molecule has 1 unspecified atom stereocenters. The van der Waals surface area contributed by atoms with Crippen LogP contribution in [0.1, 0.15) is 55.7 Å². The van der Waals surface area contributed by atoms with Crippen molar-refractivity contribution in [1.82, 2.24) is 15.5 Å². The van der Waals surface area contributed by atoms with E-state index in [9.17, 15) is 4.79 Å². The summed E-state index contributed by atoms with van der Waals surface area (Å²) in [6.45, 7) is 7.75. The van der Waals surface area contributed by atoms with Crippen LogP contribution in [0, 0.1) is 0 Å². The van der Waals surface area contributed by atoms with Crippen LogP contribution in [-0.4, -0.2) is 44.1 Å². The van der Waals surface area contributed by atoms with Gasteiger partial charge in [0.1, 0.15) is 5.75 Å². The molecule has 1 fully saturated rings. The highest BCUT2D eigenvalue weighted by atomic mass is 16.5. The van der Waals surface area contributed by atoms with Crippen LogP contribution in [0.3, 0.4) is 0 Å². The van der Waals surface area contributed by atoms with Gasteiger partial charge in [0.2, 0.25) is 5.91 Å². The average Bonchev–Trinajstić information content (AvgIpc) is 3.00. The fourth-order valence-electron chi connectivity index (χ4n) is 6.40. The number of methoxy groups -OCH3 is 1. The molecule has 0 aliphatic carbocycles. The highest BCUT2D eigenvalue weighted by Crippen LogP contribution is 2.41. The minimum Gasteiger partial charge on any atom is -0.497 e. The van der Waals surface area contributed by atoms with Crippen molar-refractivity contribution in [2.45, 2.75) is 44.4 Å². The molecule has 0 bridgehead atoms. The van der Waals surface area contributed by atoms with Crippen LogP contribution >= 0.6 is 0 Å². The molecule has 5 rings (SSSR count). The summed E-state index contributed by atoms with van der Waals surface area (Å²) in [6, 6.07) is 29.9. The van der Waals surface area contributed by atoms with Crippen LogP contribution in [-0.2, 0) is 10.2 Å². The number of hydrogen-bond acceptors (Lipinski definition) is 4. The van der Waals surface area contributed by atoms with E-state index in [1.165, 1.54) is 11.1 Å². The van der Waals surface area contributed by atoms with Crippen molar-refractivity contribution >= 4 is 5.91 Å². The molecule has 5 heteroatoms. The number of rotatable bonds is 9. The van der Waals surface area contributed by atoms with Crippen molar-refractivity contribution < 1.29 is 9.53 Å². The van der Waals surface area contributed by atoms with E-state index in [2.05, 4.69) is 88.3 Å². The van der Waals surface area contributed by atoms with Gasteiger partial charge < -0.3 is 20.3 Å². The normalized spacial score (nSPS) is 19.0. The second kappa shape index (κ2) is 12.6. The second-order valence-electron chi connectivity index (χ2n) is 11.0. The third kappa shape index (κ3) is 6.00. The van der Waals surface area contributed by atoms with Gasteiger partial charge in [-0.05, 0) is 81.6 Å². The maximum Gasteiger partial charge on any atom is 0.249 e. The first-order valence-corrected chi connectivity index (χ1v) is 14.4. The van der Waals surface area contributed by atoms with Crippen molar-refractivity contribution in [1.29, 1.82) is 0 Å². The van der Waals surface area contributed by atoms with E-state index in [0.717, 1.165) is 67.2 Å². The van der Waals surface area contributed by atoms with Crippen LogP contribution in [0.15, 0.2) is 108 Å². The van der Waals surface area contributed by atoms with E-state index in [-0.39, 0.29) is 17.2 Å². The smallest absolute Gasteiger partial charge is 0.249 e. The number of carbonyl (C=O) groups excluding carboxylic acids is 1.